The highest BCUT2D eigenvalue weighted by Crippen LogP contribution is 2.45. The lowest BCUT2D eigenvalue weighted by atomic mass is 9.99. The number of nitrogens with one attached hydrogen (secondary N) is 3. The minimum absolute atomic E-state index is 0.00372. The van der Waals surface area contributed by atoms with Crippen LogP contribution in [0, 0.1) is 6.92 Å². The summed E-state index contributed by atoms with van der Waals surface area (Å²) in [5.74, 6) is 0.553. The molecule has 23 heavy (non-hydrogen) atoms. The largest absolute Gasteiger partial charge is 0.325 e. The van der Waals surface area contributed by atoms with Crippen LogP contribution in [0.3, 0.4) is 0 Å². The summed E-state index contributed by atoms with van der Waals surface area (Å²) in [7, 11) is 0. The second kappa shape index (κ2) is 5.22. The molecule has 3 N–H and O–H groups in total. The zero-order chi connectivity index (χ0) is 16.0. The van der Waals surface area contributed by atoms with Gasteiger partial charge in [0.15, 0.2) is 0 Å². The van der Waals surface area contributed by atoms with Crippen LogP contribution in [0.15, 0.2) is 18.3 Å². The van der Waals surface area contributed by atoms with Crippen LogP contribution in [0.1, 0.15) is 43.5 Å². The molecule has 0 aliphatic heterocycles. The fraction of sp³-hybridized carbons (Fsp3) is 0.353. The maximum absolute atomic E-state index is 11.8. The van der Waals surface area contributed by atoms with Gasteiger partial charge < -0.3 is 5.32 Å². The van der Waals surface area contributed by atoms with Crippen molar-refractivity contribution in [2.24, 2.45) is 0 Å². The zero-order valence-corrected chi connectivity index (χ0v) is 13.2. The lowest BCUT2D eigenvalue weighted by molar-refractivity contribution is -0.115. The van der Waals surface area contributed by atoms with E-state index in [1.165, 1.54) is 12.8 Å². The average Bonchev–Trinajstić information content (AvgIpc) is 3.14. The number of H-pyrrole nitrogens is 2. The Balaban J connectivity index is 1.87. The van der Waals surface area contributed by atoms with E-state index in [1.54, 1.807) is 6.20 Å². The van der Waals surface area contributed by atoms with E-state index in [-0.39, 0.29) is 5.91 Å². The smallest absolute Gasteiger partial charge is 0.224 e. The van der Waals surface area contributed by atoms with Crippen LogP contribution in [-0.4, -0.2) is 26.3 Å². The van der Waals surface area contributed by atoms with E-state index in [9.17, 15) is 4.79 Å². The van der Waals surface area contributed by atoms with Crippen LogP contribution in [-0.2, 0) is 4.79 Å². The fourth-order valence-corrected chi connectivity index (χ4v) is 3.00. The number of amides is 1. The van der Waals surface area contributed by atoms with Gasteiger partial charge >= 0.3 is 0 Å². The number of anilines is 1. The fourth-order valence-electron chi connectivity index (χ4n) is 3.00. The van der Waals surface area contributed by atoms with Gasteiger partial charge in [-0.25, -0.2) is 0 Å². The summed E-state index contributed by atoms with van der Waals surface area (Å²) in [5, 5.41) is 18.6. The molecule has 6 nitrogen and oxygen atoms in total. The molecule has 0 unspecified atom stereocenters. The molecule has 1 amide bonds. The number of aromatic nitrogens is 4. The first-order valence-corrected chi connectivity index (χ1v) is 7.99. The normalized spacial score (nSPS) is 14.3. The monoisotopic (exact) mass is 309 g/mol. The Labute approximate surface area is 133 Å². The highest BCUT2D eigenvalue weighted by Gasteiger charge is 2.30. The van der Waals surface area contributed by atoms with Crippen molar-refractivity contribution in [1.29, 1.82) is 0 Å². The molecule has 6 heteroatoms. The van der Waals surface area contributed by atoms with Crippen LogP contribution < -0.4 is 5.32 Å². The lowest BCUT2D eigenvalue weighted by Crippen LogP contribution is -2.09. The summed E-state index contributed by atoms with van der Waals surface area (Å²) >= 11 is 0. The Morgan fingerprint density at radius 1 is 1.35 bits per heavy atom. The molecule has 1 fully saturated rings. The topological polar surface area (TPSA) is 86.5 Å². The molecule has 0 radical (unpaired) electrons. The maximum atomic E-state index is 11.8. The van der Waals surface area contributed by atoms with E-state index >= 15 is 0 Å². The summed E-state index contributed by atoms with van der Waals surface area (Å²) in [6.45, 7) is 3.88. The Bertz CT molecular complexity index is 888. The predicted molar refractivity (Wildman–Crippen MR) is 89.3 cm³/mol. The maximum Gasteiger partial charge on any atom is 0.224 e. The summed E-state index contributed by atoms with van der Waals surface area (Å²) in [6, 6.07) is 4.10. The van der Waals surface area contributed by atoms with Gasteiger partial charge in [-0.15, -0.1) is 0 Å². The van der Waals surface area contributed by atoms with Crippen molar-refractivity contribution in [3.63, 3.8) is 0 Å². The number of fused-ring (bicyclic) bond motifs is 1. The van der Waals surface area contributed by atoms with E-state index in [2.05, 4.69) is 31.8 Å². The first-order chi connectivity index (χ1) is 11.2. The third-order valence-corrected chi connectivity index (χ3v) is 4.38. The third-order valence-electron chi connectivity index (χ3n) is 4.38. The highest BCUT2D eigenvalue weighted by atomic mass is 16.1. The summed E-state index contributed by atoms with van der Waals surface area (Å²) in [6.07, 6.45) is 4.59. The number of hydrogen-bond donors (Lipinski definition) is 3. The minimum Gasteiger partial charge on any atom is -0.325 e. The van der Waals surface area contributed by atoms with E-state index in [0.717, 1.165) is 39.1 Å². The first-order valence-electron chi connectivity index (χ1n) is 7.99. The quantitative estimate of drug-likeness (QED) is 0.689. The van der Waals surface area contributed by atoms with Gasteiger partial charge in [0.2, 0.25) is 5.91 Å². The van der Waals surface area contributed by atoms with Crippen LogP contribution in [0.5, 0.6) is 0 Å². The van der Waals surface area contributed by atoms with Crippen molar-refractivity contribution in [2.45, 2.75) is 39.0 Å². The highest BCUT2D eigenvalue weighted by molar-refractivity contribution is 6.03. The number of rotatable bonds is 4. The second-order valence-electron chi connectivity index (χ2n) is 6.14. The van der Waals surface area contributed by atoms with Gasteiger partial charge in [0.1, 0.15) is 0 Å². The molecule has 1 aliphatic carbocycles. The number of carbonyl (C=O) groups excluding carboxylic acids is 1. The summed E-state index contributed by atoms with van der Waals surface area (Å²) < 4.78 is 0. The number of hydrogen-bond acceptors (Lipinski definition) is 3. The van der Waals surface area contributed by atoms with Crippen LogP contribution in [0.25, 0.3) is 22.0 Å². The molecule has 1 aromatic carbocycles. The number of benzene rings is 1. The van der Waals surface area contributed by atoms with Crippen molar-refractivity contribution >= 4 is 22.5 Å². The van der Waals surface area contributed by atoms with Gasteiger partial charge in [0.05, 0.1) is 23.1 Å². The van der Waals surface area contributed by atoms with Crippen LogP contribution >= 0.6 is 0 Å². The van der Waals surface area contributed by atoms with Crippen molar-refractivity contribution in [3.05, 3.63) is 29.7 Å². The molecule has 0 atom stereocenters. The Hall–Kier alpha value is -2.63. The molecule has 1 aliphatic rings. The number of aromatic amines is 2. The molecule has 2 aromatic heterocycles. The van der Waals surface area contributed by atoms with E-state index in [0.29, 0.717) is 12.3 Å². The SMILES string of the molecule is CCC(=O)Nc1cc(-c2c(C3CC3)n[nH]c2C)cc2[nH]ncc12. The molecular formula is C17H19N5O. The Kier molecular flexibility index (Phi) is 3.18. The van der Waals surface area contributed by atoms with Gasteiger partial charge in [-0.3, -0.25) is 15.0 Å². The molecule has 4 rings (SSSR count). The summed E-state index contributed by atoms with van der Waals surface area (Å²) in [5.41, 5.74) is 6.10. The second-order valence-corrected chi connectivity index (χ2v) is 6.14. The number of aryl methyl sites for hydroxylation is 1. The molecule has 1 saturated carbocycles. The molecule has 3 aromatic rings. The number of nitrogens with zero attached hydrogens (tertiary/aromatic N) is 2. The van der Waals surface area contributed by atoms with E-state index in [1.807, 2.05) is 19.9 Å². The first kappa shape index (κ1) is 14.0. The van der Waals surface area contributed by atoms with Gasteiger partial charge in [-0.2, -0.15) is 10.2 Å². The molecule has 0 bridgehead atoms. The van der Waals surface area contributed by atoms with Gasteiger partial charge in [0, 0.05) is 29.0 Å². The molecule has 0 spiro atoms. The Morgan fingerprint density at radius 3 is 2.91 bits per heavy atom. The van der Waals surface area contributed by atoms with Gasteiger partial charge in [0.25, 0.3) is 0 Å². The van der Waals surface area contributed by atoms with Gasteiger partial charge in [-0.1, -0.05) is 6.92 Å². The zero-order valence-electron chi connectivity index (χ0n) is 13.2. The van der Waals surface area contributed by atoms with E-state index in [4.69, 9.17) is 0 Å². The lowest BCUT2D eigenvalue weighted by Gasteiger charge is -2.10. The molecule has 2 heterocycles. The minimum atomic E-state index is -0.00372. The third kappa shape index (κ3) is 2.40. The summed E-state index contributed by atoms with van der Waals surface area (Å²) in [4.78, 5) is 11.8. The number of carbonyl (C=O) groups is 1. The van der Waals surface area contributed by atoms with Crippen molar-refractivity contribution in [1.82, 2.24) is 20.4 Å². The molecule has 118 valence electrons. The standard InChI is InChI=1S/C17H19N5O/c1-3-15(23)19-13-6-11(7-14-12(13)8-18-21-14)16-9(2)20-22-17(16)10-4-5-10/h6-8,10H,3-5H2,1-2H3,(H,18,21)(H,19,23)(H,20,22). The van der Waals surface area contributed by atoms with Crippen molar-refractivity contribution < 1.29 is 4.79 Å². The average molecular weight is 309 g/mol. The van der Waals surface area contributed by atoms with E-state index < -0.39 is 0 Å². The van der Waals surface area contributed by atoms with Crippen LogP contribution in [0.2, 0.25) is 0 Å². The predicted octanol–water partition coefficient (Wildman–Crippen LogP) is 3.49. The molecule has 0 saturated heterocycles. The van der Waals surface area contributed by atoms with Crippen LogP contribution in [0.4, 0.5) is 5.69 Å². The van der Waals surface area contributed by atoms with Gasteiger partial charge in [-0.05, 0) is 37.5 Å². The molecular weight excluding hydrogens is 290 g/mol. The Morgan fingerprint density at radius 2 is 2.17 bits per heavy atom. The van der Waals surface area contributed by atoms with Crippen molar-refractivity contribution in [3.8, 4) is 11.1 Å². The van der Waals surface area contributed by atoms with Crippen molar-refractivity contribution in [2.75, 3.05) is 5.32 Å².